The highest BCUT2D eigenvalue weighted by Crippen LogP contribution is 2.12. The third-order valence-electron chi connectivity index (χ3n) is 4.21. The molecule has 1 amide bonds. The summed E-state index contributed by atoms with van der Waals surface area (Å²) in [5.41, 5.74) is 1.69. The molecule has 0 aliphatic carbocycles. The fourth-order valence-electron chi connectivity index (χ4n) is 2.77. The van der Waals surface area contributed by atoms with Crippen molar-refractivity contribution in [1.29, 1.82) is 0 Å². The van der Waals surface area contributed by atoms with Gasteiger partial charge in [-0.25, -0.2) is 4.98 Å². The summed E-state index contributed by atoms with van der Waals surface area (Å²) in [4.78, 5) is 28.6. The molecule has 0 spiro atoms. The Morgan fingerprint density at radius 1 is 1.19 bits per heavy atom. The van der Waals surface area contributed by atoms with Gasteiger partial charge in [0.2, 0.25) is 5.91 Å². The topological polar surface area (TPSA) is 73.2 Å². The zero-order chi connectivity index (χ0) is 19.1. The number of rotatable bonds is 8. The third-order valence-corrected chi connectivity index (χ3v) is 4.21. The van der Waals surface area contributed by atoms with Gasteiger partial charge in [-0.2, -0.15) is 0 Å². The molecule has 0 unspecified atom stereocenters. The summed E-state index contributed by atoms with van der Waals surface area (Å²) in [5, 5.41) is 3.42. The summed E-state index contributed by atoms with van der Waals surface area (Å²) in [6, 6.07) is 15.1. The number of ether oxygens (including phenoxy) is 1. The number of para-hydroxylation sites is 1. The highest BCUT2D eigenvalue weighted by atomic mass is 16.5. The summed E-state index contributed by atoms with van der Waals surface area (Å²) in [5.74, 6) is 0.745. The van der Waals surface area contributed by atoms with E-state index in [0.29, 0.717) is 30.6 Å². The maximum Gasteiger partial charge on any atom is 0.261 e. The van der Waals surface area contributed by atoms with E-state index in [1.54, 1.807) is 18.2 Å². The number of fused-ring (bicyclic) bond motifs is 1. The fraction of sp³-hybridized carbons (Fsp3) is 0.286. The molecule has 0 saturated heterocycles. The number of amides is 1. The first kappa shape index (κ1) is 18.6. The average Bonchev–Trinajstić information content (AvgIpc) is 2.67. The molecule has 0 fully saturated rings. The van der Waals surface area contributed by atoms with E-state index in [4.69, 9.17) is 4.74 Å². The first-order chi connectivity index (χ1) is 13.1. The molecule has 0 aliphatic rings. The number of hydrogen-bond donors (Lipinski definition) is 1. The van der Waals surface area contributed by atoms with Gasteiger partial charge in [0.25, 0.3) is 5.56 Å². The lowest BCUT2D eigenvalue weighted by molar-refractivity contribution is -0.121. The number of aryl methyl sites for hydroxylation is 2. The lowest BCUT2D eigenvalue weighted by Crippen LogP contribution is -2.28. The lowest BCUT2D eigenvalue weighted by Gasteiger charge is -2.09. The fourth-order valence-corrected chi connectivity index (χ4v) is 2.77. The smallest absolute Gasteiger partial charge is 0.261 e. The van der Waals surface area contributed by atoms with Crippen LogP contribution in [0.1, 0.15) is 18.4 Å². The van der Waals surface area contributed by atoms with Crippen LogP contribution in [0.2, 0.25) is 0 Å². The molecule has 0 atom stereocenters. The van der Waals surface area contributed by atoms with E-state index in [1.165, 1.54) is 10.9 Å². The highest BCUT2D eigenvalue weighted by molar-refractivity contribution is 5.77. The second kappa shape index (κ2) is 8.98. The van der Waals surface area contributed by atoms with Gasteiger partial charge in [0.05, 0.1) is 23.8 Å². The number of nitrogens with zero attached hydrogens (tertiary/aromatic N) is 2. The Labute approximate surface area is 157 Å². The molecule has 3 rings (SSSR count). The molecule has 0 aliphatic heterocycles. The van der Waals surface area contributed by atoms with E-state index >= 15 is 0 Å². The number of carbonyl (C=O) groups excluding carboxylic acids is 1. The van der Waals surface area contributed by atoms with Crippen molar-refractivity contribution >= 4 is 16.8 Å². The van der Waals surface area contributed by atoms with E-state index < -0.39 is 0 Å². The number of carbonyl (C=O) groups is 1. The van der Waals surface area contributed by atoms with Crippen molar-refractivity contribution in [1.82, 2.24) is 14.9 Å². The van der Waals surface area contributed by atoms with Crippen molar-refractivity contribution in [3.05, 3.63) is 70.8 Å². The summed E-state index contributed by atoms with van der Waals surface area (Å²) in [6.45, 7) is 3.40. The Morgan fingerprint density at radius 3 is 2.89 bits per heavy atom. The van der Waals surface area contributed by atoms with Gasteiger partial charge in [-0.3, -0.25) is 14.2 Å². The van der Waals surface area contributed by atoms with Gasteiger partial charge in [-0.15, -0.1) is 0 Å². The molecule has 3 aromatic rings. The van der Waals surface area contributed by atoms with Gasteiger partial charge in [0.1, 0.15) is 5.75 Å². The summed E-state index contributed by atoms with van der Waals surface area (Å²) < 4.78 is 7.12. The normalized spacial score (nSPS) is 10.7. The van der Waals surface area contributed by atoms with E-state index in [9.17, 15) is 9.59 Å². The molecule has 6 nitrogen and oxygen atoms in total. The van der Waals surface area contributed by atoms with Crippen molar-refractivity contribution in [3.63, 3.8) is 0 Å². The van der Waals surface area contributed by atoms with E-state index in [2.05, 4.69) is 10.3 Å². The summed E-state index contributed by atoms with van der Waals surface area (Å²) in [7, 11) is 0. The van der Waals surface area contributed by atoms with Crippen LogP contribution in [-0.2, 0) is 11.3 Å². The lowest BCUT2D eigenvalue weighted by atomic mass is 10.2. The van der Waals surface area contributed by atoms with Crippen LogP contribution in [-0.4, -0.2) is 28.6 Å². The van der Waals surface area contributed by atoms with E-state index in [0.717, 1.165) is 17.7 Å². The monoisotopic (exact) mass is 365 g/mol. The van der Waals surface area contributed by atoms with Crippen molar-refractivity contribution in [2.45, 2.75) is 26.3 Å². The predicted octanol–water partition coefficient (Wildman–Crippen LogP) is 2.68. The van der Waals surface area contributed by atoms with Gasteiger partial charge in [0.15, 0.2) is 0 Å². The Balaban J connectivity index is 1.40. The van der Waals surface area contributed by atoms with Gasteiger partial charge < -0.3 is 10.1 Å². The van der Waals surface area contributed by atoms with E-state index in [1.807, 2.05) is 37.3 Å². The van der Waals surface area contributed by atoms with Gasteiger partial charge in [0, 0.05) is 19.5 Å². The molecule has 0 bridgehead atoms. The number of benzene rings is 2. The second-order valence-corrected chi connectivity index (χ2v) is 6.38. The Hall–Kier alpha value is -3.15. The van der Waals surface area contributed by atoms with Crippen LogP contribution < -0.4 is 15.6 Å². The first-order valence-electron chi connectivity index (χ1n) is 9.04. The quantitative estimate of drug-likeness (QED) is 0.623. The van der Waals surface area contributed by atoms with E-state index in [-0.39, 0.29) is 17.9 Å². The van der Waals surface area contributed by atoms with Crippen LogP contribution in [0.25, 0.3) is 10.9 Å². The van der Waals surface area contributed by atoms with Crippen LogP contribution in [0.15, 0.2) is 59.7 Å². The Morgan fingerprint density at radius 2 is 2.04 bits per heavy atom. The molecular formula is C21H23N3O3. The Bertz CT molecular complexity index is 982. The third kappa shape index (κ3) is 5.17. The summed E-state index contributed by atoms with van der Waals surface area (Å²) in [6.07, 6.45) is 2.45. The molecular weight excluding hydrogens is 342 g/mol. The molecule has 1 N–H and O–H groups in total. The molecule has 140 valence electrons. The zero-order valence-corrected chi connectivity index (χ0v) is 15.4. The van der Waals surface area contributed by atoms with Crippen molar-refractivity contribution in [3.8, 4) is 5.75 Å². The standard InChI is InChI=1S/C21H23N3O3/c1-16-6-4-7-17(14-16)27-13-5-11-22-20(25)10-12-24-15-23-19-9-3-2-8-18(19)21(24)26/h2-4,6-9,14-15H,5,10-13H2,1H3,(H,22,25). The van der Waals surface area contributed by atoms with Crippen molar-refractivity contribution in [2.75, 3.05) is 13.2 Å². The molecule has 27 heavy (non-hydrogen) atoms. The van der Waals surface area contributed by atoms with Crippen LogP contribution in [0, 0.1) is 6.92 Å². The van der Waals surface area contributed by atoms with Crippen LogP contribution in [0.3, 0.4) is 0 Å². The maximum atomic E-state index is 12.4. The molecule has 1 aromatic heterocycles. The molecule has 0 saturated carbocycles. The highest BCUT2D eigenvalue weighted by Gasteiger charge is 2.06. The number of nitrogens with one attached hydrogen (secondary N) is 1. The van der Waals surface area contributed by atoms with Gasteiger partial charge in [-0.1, -0.05) is 24.3 Å². The minimum absolute atomic E-state index is 0.0920. The van der Waals surface area contributed by atoms with Gasteiger partial charge >= 0.3 is 0 Å². The zero-order valence-electron chi connectivity index (χ0n) is 15.4. The van der Waals surface area contributed by atoms with Crippen LogP contribution >= 0.6 is 0 Å². The first-order valence-corrected chi connectivity index (χ1v) is 9.04. The number of hydrogen-bond acceptors (Lipinski definition) is 4. The maximum absolute atomic E-state index is 12.4. The molecule has 0 radical (unpaired) electrons. The molecule has 1 heterocycles. The minimum Gasteiger partial charge on any atom is -0.494 e. The SMILES string of the molecule is Cc1cccc(OCCCNC(=O)CCn2cnc3ccccc3c2=O)c1. The number of aromatic nitrogens is 2. The second-order valence-electron chi connectivity index (χ2n) is 6.38. The van der Waals surface area contributed by atoms with Crippen LogP contribution in [0.4, 0.5) is 0 Å². The average molecular weight is 365 g/mol. The Kier molecular flexibility index (Phi) is 6.20. The largest absolute Gasteiger partial charge is 0.494 e. The summed E-state index contributed by atoms with van der Waals surface area (Å²) >= 11 is 0. The predicted molar refractivity (Wildman–Crippen MR) is 105 cm³/mol. The minimum atomic E-state index is -0.125. The van der Waals surface area contributed by atoms with Crippen molar-refractivity contribution < 1.29 is 9.53 Å². The molecule has 6 heteroatoms. The van der Waals surface area contributed by atoms with Crippen LogP contribution in [0.5, 0.6) is 5.75 Å². The van der Waals surface area contributed by atoms with Gasteiger partial charge in [-0.05, 0) is 43.2 Å². The molecule has 2 aromatic carbocycles. The van der Waals surface area contributed by atoms with Crippen molar-refractivity contribution in [2.24, 2.45) is 0 Å².